The Morgan fingerprint density at radius 3 is 2.89 bits per heavy atom. The van der Waals surface area contributed by atoms with Crippen molar-refractivity contribution in [2.75, 3.05) is 11.9 Å². The average molecular weight is 278 g/mol. The zero-order valence-corrected chi connectivity index (χ0v) is 11.5. The van der Waals surface area contributed by atoms with E-state index < -0.39 is 0 Å². The summed E-state index contributed by atoms with van der Waals surface area (Å²) in [4.78, 5) is 8.21. The lowest BCUT2D eigenvalue weighted by atomic mass is 10.3. The molecule has 4 nitrogen and oxygen atoms in total. The molecule has 2 rings (SSSR count). The van der Waals surface area contributed by atoms with E-state index in [4.69, 9.17) is 16.3 Å². The minimum absolute atomic E-state index is 0.609. The van der Waals surface area contributed by atoms with E-state index in [1.807, 2.05) is 18.2 Å². The van der Waals surface area contributed by atoms with Crippen LogP contribution in [0.15, 0.2) is 36.8 Å². The Labute approximate surface area is 117 Å². The van der Waals surface area contributed by atoms with Crippen LogP contribution in [0.25, 0.3) is 0 Å². The zero-order chi connectivity index (χ0) is 13.5. The second-order valence-corrected chi connectivity index (χ2v) is 4.45. The molecule has 5 heteroatoms. The van der Waals surface area contributed by atoms with Gasteiger partial charge in [-0.2, -0.15) is 0 Å². The standard InChI is InChI=1S/C14H16ClN3O/c1-2-7-19-14-4-3-11(8-13(14)15)18-10-12-9-16-5-6-17-12/h3-6,8-9,18H,2,7,10H2,1H3. The quantitative estimate of drug-likeness (QED) is 0.877. The van der Waals surface area contributed by atoms with Crippen molar-refractivity contribution in [1.82, 2.24) is 9.97 Å². The molecule has 0 aliphatic carbocycles. The van der Waals surface area contributed by atoms with Crippen molar-refractivity contribution in [2.45, 2.75) is 19.9 Å². The van der Waals surface area contributed by atoms with Gasteiger partial charge in [-0.1, -0.05) is 18.5 Å². The van der Waals surface area contributed by atoms with E-state index in [1.54, 1.807) is 18.6 Å². The zero-order valence-electron chi connectivity index (χ0n) is 10.8. The van der Waals surface area contributed by atoms with Crippen LogP contribution in [-0.4, -0.2) is 16.6 Å². The summed E-state index contributed by atoms with van der Waals surface area (Å²) in [5.41, 5.74) is 1.81. The molecule has 0 saturated heterocycles. The SMILES string of the molecule is CCCOc1ccc(NCc2cnccn2)cc1Cl. The van der Waals surface area contributed by atoms with Crippen molar-refractivity contribution >= 4 is 17.3 Å². The third kappa shape index (κ3) is 4.10. The smallest absolute Gasteiger partial charge is 0.138 e. The number of anilines is 1. The van der Waals surface area contributed by atoms with Gasteiger partial charge in [-0.05, 0) is 24.6 Å². The van der Waals surface area contributed by atoms with Crippen LogP contribution in [0.1, 0.15) is 19.0 Å². The van der Waals surface area contributed by atoms with Gasteiger partial charge in [-0.15, -0.1) is 0 Å². The Balaban J connectivity index is 1.96. The second-order valence-electron chi connectivity index (χ2n) is 4.04. The van der Waals surface area contributed by atoms with E-state index in [-0.39, 0.29) is 0 Å². The second kappa shape index (κ2) is 6.95. The van der Waals surface area contributed by atoms with Crippen molar-refractivity contribution in [3.05, 3.63) is 47.5 Å². The molecule has 0 bridgehead atoms. The Morgan fingerprint density at radius 2 is 2.21 bits per heavy atom. The molecule has 19 heavy (non-hydrogen) atoms. The van der Waals surface area contributed by atoms with Gasteiger partial charge in [0.2, 0.25) is 0 Å². The number of nitrogens with zero attached hydrogens (tertiary/aromatic N) is 2. The first kappa shape index (κ1) is 13.6. The van der Waals surface area contributed by atoms with Crippen molar-refractivity contribution in [1.29, 1.82) is 0 Å². The molecular formula is C14H16ClN3O. The molecule has 0 saturated carbocycles. The van der Waals surface area contributed by atoms with Crippen LogP contribution in [-0.2, 0) is 6.54 Å². The first-order valence-electron chi connectivity index (χ1n) is 6.20. The van der Waals surface area contributed by atoms with Crippen LogP contribution >= 0.6 is 11.6 Å². The van der Waals surface area contributed by atoms with E-state index in [2.05, 4.69) is 22.2 Å². The maximum Gasteiger partial charge on any atom is 0.138 e. The fourth-order valence-corrected chi connectivity index (χ4v) is 1.79. The van der Waals surface area contributed by atoms with Crippen LogP contribution in [0.3, 0.4) is 0 Å². The summed E-state index contributed by atoms with van der Waals surface area (Å²) in [5.74, 6) is 0.716. The van der Waals surface area contributed by atoms with Crippen LogP contribution in [0, 0.1) is 0 Å². The Kier molecular flexibility index (Phi) is 4.98. The third-order valence-electron chi connectivity index (χ3n) is 2.48. The molecule has 1 N–H and O–H groups in total. The predicted molar refractivity (Wildman–Crippen MR) is 76.6 cm³/mol. The maximum atomic E-state index is 6.15. The van der Waals surface area contributed by atoms with Crippen LogP contribution in [0.5, 0.6) is 5.75 Å². The number of aromatic nitrogens is 2. The van der Waals surface area contributed by atoms with E-state index in [0.29, 0.717) is 23.9 Å². The van der Waals surface area contributed by atoms with Gasteiger partial charge in [-0.3, -0.25) is 9.97 Å². The number of hydrogen-bond donors (Lipinski definition) is 1. The Bertz CT molecular complexity index is 519. The maximum absolute atomic E-state index is 6.15. The summed E-state index contributed by atoms with van der Waals surface area (Å²) in [6.07, 6.45) is 6.02. The van der Waals surface area contributed by atoms with Gasteiger partial charge in [0.1, 0.15) is 5.75 Å². The average Bonchev–Trinajstić information content (AvgIpc) is 2.45. The first-order chi connectivity index (χ1) is 9.29. The summed E-state index contributed by atoms with van der Waals surface area (Å²) in [7, 11) is 0. The summed E-state index contributed by atoms with van der Waals surface area (Å²) in [6, 6.07) is 5.66. The number of ether oxygens (including phenoxy) is 1. The molecule has 0 amide bonds. The molecule has 1 heterocycles. The fraction of sp³-hybridized carbons (Fsp3) is 0.286. The van der Waals surface area contributed by atoms with E-state index in [9.17, 15) is 0 Å². The molecule has 100 valence electrons. The lowest BCUT2D eigenvalue weighted by Gasteiger charge is -2.10. The number of hydrogen-bond acceptors (Lipinski definition) is 4. The third-order valence-corrected chi connectivity index (χ3v) is 2.78. The Hall–Kier alpha value is -1.81. The van der Waals surface area contributed by atoms with Gasteiger partial charge >= 0.3 is 0 Å². The van der Waals surface area contributed by atoms with Gasteiger partial charge in [0.05, 0.1) is 30.1 Å². The minimum atomic E-state index is 0.609. The molecule has 1 aromatic carbocycles. The summed E-state index contributed by atoms with van der Waals surface area (Å²) in [5, 5.41) is 3.85. The highest BCUT2D eigenvalue weighted by Gasteiger charge is 2.03. The van der Waals surface area contributed by atoms with Crippen molar-refractivity contribution in [3.63, 3.8) is 0 Å². The highest BCUT2D eigenvalue weighted by atomic mass is 35.5. The molecule has 0 aliphatic heterocycles. The van der Waals surface area contributed by atoms with Gasteiger partial charge in [0.15, 0.2) is 0 Å². The number of benzene rings is 1. The molecular weight excluding hydrogens is 262 g/mol. The highest BCUT2D eigenvalue weighted by molar-refractivity contribution is 6.32. The van der Waals surface area contributed by atoms with Crippen molar-refractivity contribution < 1.29 is 4.74 Å². The summed E-state index contributed by atoms with van der Waals surface area (Å²) < 4.78 is 5.52. The number of halogens is 1. The monoisotopic (exact) mass is 277 g/mol. The molecule has 0 radical (unpaired) electrons. The minimum Gasteiger partial charge on any atom is -0.492 e. The molecule has 0 fully saturated rings. The molecule has 0 aliphatic rings. The summed E-state index contributed by atoms with van der Waals surface area (Å²) >= 11 is 6.15. The van der Waals surface area contributed by atoms with Crippen LogP contribution in [0.4, 0.5) is 5.69 Å². The van der Waals surface area contributed by atoms with Crippen LogP contribution in [0.2, 0.25) is 5.02 Å². The van der Waals surface area contributed by atoms with Gasteiger partial charge in [0.25, 0.3) is 0 Å². The lowest BCUT2D eigenvalue weighted by Crippen LogP contribution is -2.02. The van der Waals surface area contributed by atoms with E-state index >= 15 is 0 Å². The van der Waals surface area contributed by atoms with Crippen molar-refractivity contribution in [2.24, 2.45) is 0 Å². The topological polar surface area (TPSA) is 47.0 Å². The molecule has 2 aromatic rings. The fourth-order valence-electron chi connectivity index (χ4n) is 1.55. The predicted octanol–water partition coefficient (Wildman–Crippen LogP) is 3.53. The normalized spacial score (nSPS) is 10.2. The lowest BCUT2D eigenvalue weighted by molar-refractivity contribution is 0.317. The van der Waals surface area contributed by atoms with E-state index in [1.165, 1.54) is 0 Å². The molecule has 0 unspecified atom stereocenters. The number of rotatable bonds is 6. The highest BCUT2D eigenvalue weighted by Crippen LogP contribution is 2.27. The van der Waals surface area contributed by atoms with E-state index in [0.717, 1.165) is 17.8 Å². The molecule has 0 atom stereocenters. The summed E-state index contributed by atoms with van der Waals surface area (Å²) in [6.45, 7) is 3.34. The van der Waals surface area contributed by atoms with Gasteiger partial charge < -0.3 is 10.1 Å². The van der Waals surface area contributed by atoms with Crippen LogP contribution < -0.4 is 10.1 Å². The largest absolute Gasteiger partial charge is 0.492 e. The number of nitrogens with one attached hydrogen (secondary N) is 1. The Morgan fingerprint density at radius 1 is 1.32 bits per heavy atom. The van der Waals surface area contributed by atoms with Crippen molar-refractivity contribution in [3.8, 4) is 5.75 Å². The molecule has 0 spiro atoms. The van der Waals surface area contributed by atoms with Gasteiger partial charge in [-0.25, -0.2) is 0 Å². The van der Waals surface area contributed by atoms with Gasteiger partial charge in [0, 0.05) is 18.1 Å². The molecule has 1 aromatic heterocycles. The first-order valence-corrected chi connectivity index (χ1v) is 6.58.